The Balaban J connectivity index is 1.57. The molecule has 1 fully saturated rings. The lowest BCUT2D eigenvalue weighted by Gasteiger charge is -2.36. The maximum atomic E-state index is 12.6. The molecule has 0 spiro atoms. The highest BCUT2D eigenvalue weighted by Gasteiger charge is 2.27. The van der Waals surface area contributed by atoms with Crippen molar-refractivity contribution in [3.63, 3.8) is 0 Å². The number of esters is 2. The summed E-state index contributed by atoms with van der Waals surface area (Å²) in [6.45, 7) is 5.54. The summed E-state index contributed by atoms with van der Waals surface area (Å²) in [5.41, 5.74) is 1.69. The Labute approximate surface area is 197 Å². The predicted octanol–water partition coefficient (Wildman–Crippen LogP) is 2.79. The maximum Gasteiger partial charge on any atom is 0.348 e. The van der Waals surface area contributed by atoms with Crippen molar-refractivity contribution in [2.24, 2.45) is 0 Å². The van der Waals surface area contributed by atoms with Gasteiger partial charge < -0.3 is 24.4 Å². The van der Waals surface area contributed by atoms with E-state index in [4.69, 9.17) is 14.2 Å². The van der Waals surface area contributed by atoms with Crippen LogP contribution in [0.15, 0.2) is 24.3 Å². The second kappa shape index (κ2) is 11.2. The van der Waals surface area contributed by atoms with Crippen LogP contribution in [0.2, 0.25) is 0 Å². The van der Waals surface area contributed by atoms with E-state index in [0.717, 1.165) is 49.0 Å². The highest BCUT2D eigenvalue weighted by Crippen LogP contribution is 2.34. The van der Waals surface area contributed by atoms with Crippen molar-refractivity contribution in [2.75, 3.05) is 64.3 Å². The number of rotatable bonds is 8. The van der Waals surface area contributed by atoms with Gasteiger partial charge in [0.25, 0.3) is 0 Å². The van der Waals surface area contributed by atoms with Crippen LogP contribution in [0.25, 0.3) is 0 Å². The molecule has 2 aromatic rings. The zero-order valence-corrected chi connectivity index (χ0v) is 20.1. The van der Waals surface area contributed by atoms with E-state index in [0.29, 0.717) is 17.1 Å². The first kappa shape index (κ1) is 24.5. The van der Waals surface area contributed by atoms with Crippen LogP contribution in [0.1, 0.15) is 32.0 Å². The number of piperazine rings is 1. The topological polar surface area (TPSA) is 97.4 Å². The average molecular weight is 476 g/mol. The highest BCUT2D eigenvalue weighted by atomic mass is 32.1. The molecular formula is C23H29N3O6S. The summed E-state index contributed by atoms with van der Waals surface area (Å²) in [4.78, 5) is 41.6. The minimum Gasteiger partial charge on any atom is -0.495 e. The number of carbonyl (C=O) groups excluding carboxylic acids is 3. The third kappa shape index (κ3) is 5.63. The number of amides is 1. The van der Waals surface area contributed by atoms with Crippen LogP contribution in [0, 0.1) is 6.92 Å². The fourth-order valence-corrected chi connectivity index (χ4v) is 4.92. The monoisotopic (exact) mass is 475 g/mol. The van der Waals surface area contributed by atoms with Crippen LogP contribution in [-0.4, -0.2) is 76.8 Å². The first-order valence-electron chi connectivity index (χ1n) is 10.6. The van der Waals surface area contributed by atoms with Crippen molar-refractivity contribution >= 4 is 39.9 Å². The smallest absolute Gasteiger partial charge is 0.348 e. The molecule has 2 heterocycles. The summed E-state index contributed by atoms with van der Waals surface area (Å²) < 4.78 is 15.1. The van der Waals surface area contributed by atoms with E-state index in [2.05, 4.69) is 15.1 Å². The Morgan fingerprint density at radius 1 is 1.00 bits per heavy atom. The number of benzene rings is 1. The molecule has 1 aromatic carbocycles. The van der Waals surface area contributed by atoms with Gasteiger partial charge in [-0.2, -0.15) is 0 Å². The van der Waals surface area contributed by atoms with Gasteiger partial charge in [-0.05, 0) is 24.6 Å². The molecule has 3 rings (SSSR count). The van der Waals surface area contributed by atoms with Crippen molar-refractivity contribution in [3.8, 4) is 5.75 Å². The SMILES string of the molecule is COC(=O)c1sc(NC(=O)CCN2CCN(c3ccccc3OC)CC2)c(C(=O)OC)c1C. The predicted molar refractivity (Wildman–Crippen MR) is 127 cm³/mol. The van der Waals surface area contributed by atoms with Crippen molar-refractivity contribution < 1.29 is 28.6 Å². The molecule has 0 unspecified atom stereocenters. The number of nitrogens with one attached hydrogen (secondary N) is 1. The zero-order chi connectivity index (χ0) is 24.0. The number of anilines is 2. The number of hydrogen-bond acceptors (Lipinski definition) is 9. The molecule has 1 aliphatic heterocycles. The van der Waals surface area contributed by atoms with Crippen LogP contribution in [0.5, 0.6) is 5.75 Å². The van der Waals surface area contributed by atoms with E-state index in [1.165, 1.54) is 14.2 Å². The number of hydrogen-bond donors (Lipinski definition) is 1. The van der Waals surface area contributed by atoms with Gasteiger partial charge in [0.15, 0.2) is 0 Å². The molecule has 1 aromatic heterocycles. The lowest BCUT2D eigenvalue weighted by atomic mass is 10.1. The summed E-state index contributed by atoms with van der Waals surface area (Å²) >= 11 is 1.01. The molecule has 9 nitrogen and oxygen atoms in total. The van der Waals surface area contributed by atoms with Crippen molar-refractivity contribution in [1.29, 1.82) is 0 Å². The second-order valence-electron chi connectivity index (χ2n) is 7.54. The molecule has 0 atom stereocenters. The molecule has 0 radical (unpaired) electrons. The standard InChI is InChI=1S/C23H29N3O6S/c1-15-19(22(28)31-3)21(33-20(15)23(29)32-4)24-18(27)9-10-25-11-13-26(14-12-25)16-7-5-6-8-17(16)30-2/h5-8H,9-14H2,1-4H3,(H,24,27). The van der Waals surface area contributed by atoms with Gasteiger partial charge in [-0.1, -0.05) is 12.1 Å². The Bertz CT molecular complexity index is 1010. The summed E-state index contributed by atoms with van der Waals surface area (Å²) in [5.74, 6) is -0.549. The summed E-state index contributed by atoms with van der Waals surface area (Å²) in [7, 11) is 4.20. The summed E-state index contributed by atoms with van der Waals surface area (Å²) in [6, 6.07) is 7.94. The third-order valence-electron chi connectivity index (χ3n) is 5.61. The van der Waals surface area contributed by atoms with Crippen molar-refractivity contribution in [1.82, 2.24) is 4.90 Å². The number of para-hydroxylation sites is 2. The summed E-state index contributed by atoms with van der Waals surface area (Å²) in [5, 5.41) is 3.07. The molecule has 0 aliphatic carbocycles. The van der Waals surface area contributed by atoms with E-state index in [1.807, 2.05) is 24.3 Å². The largest absolute Gasteiger partial charge is 0.495 e. The Morgan fingerprint density at radius 2 is 1.67 bits per heavy atom. The Morgan fingerprint density at radius 3 is 2.30 bits per heavy atom. The van der Waals surface area contributed by atoms with Crippen LogP contribution in [0.4, 0.5) is 10.7 Å². The van der Waals surface area contributed by atoms with E-state index in [1.54, 1.807) is 14.0 Å². The molecule has 0 saturated carbocycles. The molecule has 1 saturated heterocycles. The normalized spacial score (nSPS) is 14.0. The molecule has 1 amide bonds. The number of carbonyl (C=O) groups is 3. The fourth-order valence-electron chi connectivity index (χ4n) is 3.79. The lowest BCUT2D eigenvalue weighted by Crippen LogP contribution is -2.47. The Hall–Kier alpha value is -3.11. The van der Waals surface area contributed by atoms with Crippen LogP contribution >= 0.6 is 11.3 Å². The zero-order valence-electron chi connectivity index (χ0n) is 19.3. The number of nitrogens with zero attached hydrogens (tertiary/aromatic N) is 2. The van der Waals surface area contributed by atoms with Gasteiger partial charge in [0, 0.05) is 39.1 Å². The maximum absolute atomic E-state index is 12.6. The van der Waals surface area contributed by atoms with Gasteiger partial charge >= 0.3 is 11.9 Å². The molecule has 1 N–H and O–H groups in total. The first-order valence-corrected chi connectivity index (χ1v) is 11.4. The Kier molecular flexibility index (Phi) is 8.29. The number of methoxy groups -OCH3 is 3. The van der Waals surface area contributed by atoms with Crippen molar-refractivity contribution in [2.45, 2.75) is 13.3 Å². The van der Waals surface area contributed by atoms with E-state index in [-0.39, 0.29) is 22.8 Å². The van der Waals surface area contributed by atoms with Crippen LogP contribution < -0.4 is 15.0 Å². The van der Waals surface area contributed by atoms with Gasteiger partial charge in [-0.15, -0.1) is 11.3 Å². The molecule has 33 heavy (non-hydrogen) atoms. The molecule has 10 heteroatoms. The summed E-state index contributed by atoms with van der Waals surface area (Å²) in [6.07, 6.45) is 0.264. The fraction of sp³-hybridized carbons (Fsp3) is 0.435. The van der Waals surface area contributed by atoms with Gasteiger partial charge in [-0.25, -0.2) is 9.59 Å². The van der Waals surface area contributed by atoms with E-state index < -0.39 is 11.9 Å². The van der Waals surface area contributed by atoms with E-state index in [9.17, 15) is 14.4 Å². The lowest BCUT2D eigenvalue weighted by molar-refractivity contribution is -0.116. The average Bonchev–Trinajstić information content (AvgIpc) is 3.17. The number of thiophene rings is 1. The van der Waals surface area contributed by atoms with Gasteiger partial charge in [0.2, 0.25) is 5.91 Å². The van der Waals surface area contributed by atoms with Gasteiger partial charge in [0.1, 0.15) is 15.6 Å². The molecule has 1 aliphatic rings. The minimum atomic E-state index is -0.610. The number of ether oxygens (including phenoxy) is 3. The molecular weight excluding hydrogens is 446 g/mol. The van der Waals surface area contributed by atoms with Gasteiger partial charge in [-0.3, -0.25) is 9.69 Å². The van der Waals surface area contributed by atoms with Gasteiger partial charge in [0.05, 0.1) is 32.6 Å². The van der Waals surface area contributed by atoms with E-state index >= 15 is 0 Å². The van der Waals surface area contributed by atoms with Crippen molar-refractivity contribution in [3.05, 3.63) is 40.3 Å². The van der Waals surface area contributed by atoms with Crippen LogP contribution in [-0.2, 0) is 14.3 Å². The quantitative estimate of drug-likeness (QED) is 0.582. The minimum absolute atomic E-state index is 0.182. The first-order chi connectivity index (χ1) is 15.9. The molecule has 178 valence electrons. The van der Waals surface area contributed by atoms with Crippen LogP contribution in [0.3, 0.4) is 0 Å². The molecule has 0 bridgehead atoms. The second-order valence-corrected chi connectivity index (χ2v) is 8.56. The third-order valence-corrected chi connectivity index (χ3v) is 6.80. The highest BCUT2D eigenvalue weighted by molar-refractivity contribution is 7.18.